The van der Waals surface area contributed by atoms with E-state index >= 15 is 0 Å². The molecule has 9 heteroatoms. The molecular formula is C23H30N6OS2. The predicted octanol–water partition coefficient (Wildman–Crippen LogP) is 3.98. The van der Waals surface area contributed by atoms with Crippen LogP contribution >= 0.6 is 23.5 Å². The van der Waals surface area contributed by atoms with Crippen LogP contribution in [-0.2, 0) is 17.1 Å². The molecule has 1 aliphatic heterocycles. The molecule has 4 rings (SSSR count). The number of fused-ring (bicyclic) bond motifs is 1. The Balaban J connectivity index is 1.37. The first kappa shape index (κ1) is 22.9. The van der Waals surface area contributed by atoms with Crippen molar-refractivity contribution >= 4 is 46.3 Å². The largest absolute Gasteiger partial charge is 0.356 e. The van der Waals surface area contributed by atoms with Gasteiger partial charge in [0.15, 0.2) is 10.8 Å². The number of aromatic nitrogens is 4. The molecule has 170 valence electrons. The molecular weight excluding hydrogens is 440 g/mol. The maximum atomic E-state index is 12.2. The highest BCUT2D eigenvalue weighted by molar-refractivity contribution is 7.99. The molecule has 0 spiro atoms. The van der Waals surface area contributed by atoms with Crippen molar-refractivity contribution < 1.29 is 4.79 Å². The summed E-state index contributed by atoms with van der Waals surface area (Å²) in [6, 6.07) is 10.2. The van der Waals surface area contributed by atoms with Crippen molar-refractivity contribution in [2.75, 3.05) is 30.3 Å². The van der Waals surface area contributed by atoms with Crippen molar-refractivity contribution in [1.29, 1.82) is 0 Å². The second-order valence-electron chi connectivity index (χ2n) is 8.12. The Morgan fingerprint density at radius 2 is 1.94 bits per heavy atom. The minimum atomic E-state index is 0.0471. The monoisotopic (exact) mass is 470 g/mol. The Kier molecular flexibility index (Phi) is 7.91. The Hall–Kier alpha value is -2.26. The molecule has 0 bridgehead atoms. The van der Waals surface area contributed by atoms with E-state index in [9.17, 15) is 4.79 Å². The first-order chi connectivity index (χ1) is 15.6. The lowest BCUT2D eigenvalue weighted by molar-refractivity contribution is -0.118. The Morgan fingerprint density at radius 3 is 2.69 bits per heavy atom. The highest BCUT2D eigenvalue weighted by Gasteiger charge is 2.21. The summed E-state index contributed by atoms with van der Waals surface area (Å²) in [4.78, 5) is 24.2. The van der Waals surface area contributed by atoms with Crippen LogP contribution in [0, 0.1) is 0 Å². The number of hydrogen-bond donors (Lipinski definition) is 1. The fourth-order valence-electron chi connectivity index (χ4n) is 3.71. The van der Waals surface area contributed by atoms with Crippen LogP contribution in [0.15, 0.2) is 41.7 Å². The second-order valence-corrected chi connectivity index (χ2v) is 10.7. The Bertz CT molecular complexity index is 1030. The van der Waals surface area contributed by atoms with Gasteiger partial charge in [-0.05, 0) is 18.4 Å². The molecule has 3 heterocycles. The highest BCUT2D eigenvalue weighted by atomic mass is 32.2. The number of benzene rings is 1. The third kappa shape index (κ3) is 5.95. The molecule has 0 radical (unpaired) electrons. The standard InChI is InChI=1S/C23H30N6OS2/c1-17(2)32-23-26-21(28-11-6-7-12-28)19-14-25-29(22(19)27-23)13-10-24-20(30)16-31-15-18-8-4-3-5-9-18/h3-5,8-9,14,17H,6-7,10-13,15-16H2,1-2H3,(H,24,30). The molecule has 1 fully saturated rings. The zero-order chi connectivity index (χ0) is 22.3. The molecule has 32 heavy (non-hydrogen) atoms. The average Bonchev–Trinajstić information content (AvgIpc) is 3.44. The fraction of sp³-hybridized carbons (Fsp3) is 0.478. The van der Waals surface area contributed by atoms with Crippen LogP contribution in [0.3, 0.4) is 0 Å². The summed E-state index contributed by atoms with van der Waals surface area (Å²) in [7, 11) is 0. The number of hydrogen-bond acceptors (Lipinski definition) is 7. The number of rotatable bonds is 10. The lowest BCUT2D eigenvalue weighted by Gasteiger charge is -2.18. The van der Waals surface area contributed by atoms with E-state index in [1.54, 1.807) is 23.5 Å². The normalized spacial score (nSPS) is 13.9. The van der Waals surface area contributed by atoms with Gasteiger partial charge in [0, 0.05) is 30.6 Å². The van der Waals surface area contributed by atoms with Crippen LogP contribution in [0.4, 0.5) is 5.82 Å². The van der Waals surface area contributed by atoms with Crippen LogP contribution in [0.2, 0.25) is 0 Å². The third-order valence-electron chi connectivity index (χ3n) is 5.19. The summed E-state index contributed by atoms with van der Waals surface area (Å²) in [6.45, 7) is 7.46. The summed E-state index contributed by atoms with van der Waals surface area (Å²) >= 11 is 3.30. The van der Waals surface area contributed by atoms with Crippen molar-refractivity contribution in [1.82, 2.24) is 25.1 Å². The van der Waals surface area contributed by atoms with E-state index in [-0.39, 0.29) is 5.91 Å². The van der Waals surface area contributed by atoms with Gasteiger partial charge in [-0.15, -0.1) is 11.8 Å². The smallest absolute Gasteiger partial charge is 0.230 e. The van der Waals surface area contributed by atoms with Crippen molar-refractivity contribution in [3.8, 4) is 0 Å². The maximum absolute atomic E-state index is 12.2. The van der Waals surface area contributed by atoms with Crippen molar-refractivity contribution in [3.05, 3.63) is 42.1 Å². The van der Waals surface area contributed by atoms with Crippen LogP contribution in [0.25, 0.3) is 11.0 Å². The molecule has 0 atom stereocenters. The van der Waals surface area contributed by atoms with E-state index in [0.717, 1.165) is 40.9 Å². The van der Waals surface area contributed by atoms with Crippen LogP contribution in [0.5, 0.6) is 0 Å². The third-order valence-corrected chi connectivity index (χ3v) is 7.06. The predicted molar refractivity (Wildman–Crippen MR) is 133 cm³/mol. The summed E-state index contributed by atoms with van der Waals surface area (Å²) in [5, 5.41) is 9.76. The molecule has 3 aromatic rings. The van der Waals surface area contributed by atoms with Gasteiger partial charge in [0.1, 0.15) is 5.82 Å². The second kappa shape index (κ2) is 11.0. The van der Waals surface area contributed by atoms with E-state index in [1.165, 1.54) is 18.4 Å². The fourth-order valence-corrected chi connectivity index (χ4v) is 5.22. The van der Waals surface area contributed by atoms with Gasteiger partial charge < -0.3 is 10.2 Å². The summed E-state index contributed by atoms with van der Waals surface area (Å²) in [6.07, 6.45) is 4.26. The lowest BCUT2D eigenvalue weighted by Crippen LogP contribution is -2.29. The molecule has 1 aromatic carbocycles. The van der Waals surface area contributed by atoms with Crippen LogP contribution in [0.1, 0.15) is 32.3 Å². The van der Waals surface area contributed by atoms with Gasteiger partial charge >= 0.3 is 0 Å². The van der Waals surface area contributed by atoms with Crippen molar-refractivity contribution in [3.63, 3.8) is 0 Å². The molecule has 1 N–H and O–H groups in total. The minimum absolute atomic E-state index is 0.0471. The van der Waals surface area contributed by atoms with Crippen LogP contribution in [-0.4, -0.2) is 56.3 Å². The summed E-state index contributed by atoms with van der Waals surface area (Å²) in [5.74, 6) is 2.32. The van der Waals surface area contributed by atoms with E-state index in [4.69, 9.17) is 9.97 Å². The number of nitrogens with zero attached hydrogens (tertiary/aromatic N) is 5. The van der Waals surface area contributed by atoms with Gasteiger partial charge in [-0.2, -0.15) is 5.10 Å². The molecule has 2 aromatic heterocycles. The first-order valence-corrected chi connectivity index (χ1v) is 13.2. The van der Waals surface area contributed by atoms with Gasteiger partial charge in [0.2, 0.25) is 5.91 Å². The maximum Gasteiger partial charge on any atom is 0.230 e. The number of carbonyl (C=O) groups is 1. The highest BCUT2D eigenvalue weighted by Crippen LogP contribution is 2.30. The van der Waals surface area contributed by atoms with Crippen molar-refractivity contribution in [2.45, 2.75) is 49.4 Å². The van der Waals surface area contributed by atoms with E-state index in [0.29, 0.717) is 24.1 Å². The molecule has 0 aliphatic carbocycles. The van der Waals surface area contributed by atoms with Gasteiger partial charge in [-0.25, -0.2) is 14.6 Å². The molecule has 1 aliphatic rings. The summed E-state index contributed by atoms with van der Waals surface area (Å²) in [5.41, 5.74) is 2.08. The topological polar surface area (TPSA) is 75.9 Å². The number of nitrogens with one attached hydrogen (secondary N) is 1. The number of thioether (sulfide) groups is 2. The van der Waals surface area contributed by atoms with Gasteiger partial charge in [0.25, 0.3) is 0 Å². The molecule has 0 saturated carbocycles. The average molecular weight is 471 g/mol. The van der Waals surface area contributed by atoms with E-state index < -0.39 is 0 Å². The minimum Gasteiger partial charge on any atom is -0.356 e. The first-order valence-electron chi connectivity index (χ1n) is 11.1. The molecule has 7 nitrogen and oxygen atoms in total. The van der Waals surface area contributed by atoms with Crippen molar-refractivity contribution in [2.24, 2.45) is 0 Å². The van der Waals surface area contributed by atoms with Gasteiger partial charge in [-0.1, -0.05) is 55.9 Å². The lowest BCUT2D eigenvalue weighted by atomic mass is 10.2. The van der Waals surface area contributed by atoms with Gasteiger partial charge in [0.05, 0.1) is 23.9 Å². The van der Waals surface area contributed by atoms with Gasteiger partial charge in [-0.3, -0.25) is 4.79 Å². The Labute approximate surface area is 197 Å². The zero-order valence-electron chi connectivity index (χ0n) is 18.7. The molecule has 1 amide bonds. The van der Waals surface area contributed by atoms with E-state index in [1.807, 2.05) is 29.1 Å². The molecule has 1 saturated heterocycles. The van der Waals surface area contributed by atoms with E-state index in [2.05, 4.69) is 41.3 Å². The summed E-state index contributed by atoms with van der Waals surface area (Å²) < 4.78 is 1.89. The van der Waals surface area contributed by atoms with Crippen LogP contribution < -0.4 is 10.2 Å². The number of anilines is 1. The Morgan fingerprint density at radius 1 is 1.16 bits per heavy atom. The number of amides is 1. The SMILES string of the molecule is CC(C)Sc1nc(N2CCCC2)c2cnn(CCNC(=O)CSCc3ccccc3)c2n1. The number of carbonyl (C=O) groups excluding carboxylic acids is 1. The quantitative estimate of drug-likeness (QED) is 0.355. The zero-order valence-corrected chi connectivity index (χ0v) is 20.3. The molecule has 0 unspecified atom stereocenters.